The third-order valence-corrected chi connectivity index (χ3v) is 7.91. The molecule has 6 rings (SSSR count). The third-order valence-electron chi connectivity index (χ3n) is 7.91. The lowest BCUT2D eigenvalue weighted by atomic mass is 9.81. The number of nitrogens with zero attached hydrogens (tertiary/aromatic N) is 5. The SMILES string of the molecule is CN=CC1CCC(c2cc(-c3ccc(NC(=O)c4cccn(-c5ccc(F)cc5)c4=O)cc3)c3c(N)ncnn23)CC1. The molecule has 1 amide bonds. The van der Waals surface area contributed by atoms with Crippen molar-refractivity contribution in [3.05, 3.63) is 107 Å². The number of carbonyl (C=O) groups excluding carboxylic acids is 1. The Bertz CT molecular complexity index is 1830. The number of aromatic nitrogens is 4. The number of nitrogen functional groups attached to an aromatic ring is 1. The van der Waals surface area contributed by atoms with Crippen LogP contribution < -0.4 is 16.6 Å². The first-order chi connectivity index (χ1) is 20.4. The molecule has 1 saturated carbocycles. The van der Waals surface area contributed by atoms with Crippen molar-refractivity contribution in [3.63, 3.8) is 0 Å². The normalized spacial score (nSPS) is 17.1. The molecule has 3 heterocycles. The van der Waals surface area contributed by atoms with Crippen LogP contribution in [0.1, 0.15) is 47.7 Å². The number of fused-ring (bicyclic) bond motifs is 1. The molecule has 0 bridgehead atoms. The maximum absolute atomic E-state index is 13.3. The molecule has 5 aromatic rings. The van der Waals surface area contributed by atoms with Gasteiger partial charge < -0.3 is 16.0 Å². The van der Waals surface area contributed by atoms with Crippen LogP contribution in [0, 0.1) is 11.7 Å². The summed E-state index contributed by atoms with van der Waals surface area (Å²) in [7, 11) is 1.82. The van der Waals surface area contributed by atoms with Crippen LogP contribution in [0.2, 0.25) is 0 Å². The molecule has 0 atom stereocenters. The van der Waals surface area contributed by atoms with E-state index in [-0.39, 0.29) is 5.56 Å². The van der Waals surface area contributed by atoms with Gasteiger partial charge in [0.2, 0.25) is 0 Å². The average Bonchev–Trinajstić information content (AvgIpc) is 3.40. The van der Waals surface area contributed by atoms with Crippen molar-refractivity contribution >= 4 is 29.1 Å². The maximum Gasteiger partial charge on any atom is 0.267 e. The molecular weight excluding hydrogens is 533 g/mol. The van der Waals surface area contributed by atoms with Gasteiger partial charge >= 0.3 is 0 Å². The Balaban J connectivity index is 1.25. The Morgan fingerprint density at radius 2 is 1.81 bits per heavy atom. The molecule has 212 valence electrons. The predicted molar refractivity (Wildman–Crippen MR) is 162 cm³/mol. The van der Waals surface area contributed by atoms with Gasteiger partial charge in [-0.15, -0.1) is 0 Å². The first kappa shape index (κ1) is 27.1. The number of rotatable bonds is 6. The van der Waals surface area contributed by atoms with Crippen molar-refractivity contribution in [2.24, 2.45) is 10.9 Å². The highest BCUT2D eigenvalue weighted by Gasteiger charge is 2.26. The van der Waals surface area contributed by atoms with Gasteiger partial charge in [-0.1, -0.05) is 12.1 Å². The second-order valence-electron chi connectivity index (χ2n) is 10.5. The fourth-order valence-electron chi connectivity index (χ4n) is 5.78. The summed E-state index contributed by atoms with van der Waals surface area (Å²) < 4.78 is 16.6. The van der Waals surface area contributed by atoms with E-state index in [4.69, 9.17) is 5.73 Å². The molecular formula is C32H30FN7O2. The van der Waals surface area contributed by atoms with Crippen molar-refractivity contribution in [2.45, 2.75) is 31.6 Å². The molecule has 9 nitrogen and oxygen atoms in total. The van der Waals surface area contributed by atoms with E-state index in [1.165, 1.54) is 47.4 Å². The van der Waals surface area contributed by atoms with Gasteiger partial charge in [0.05, 0.1) is 0 Å². The van der Waals surface area contributed by atoms with Crippen LogP contribution in [0.15, 0.2) is 89.0 Å². The highest BCUT2D eigenvalue weighted by Crippen LogP contribution is 2.40. The minimum atomic E-state index is -0.540. The number of amides is 1. The second kappa shape index (κ2) is 11.4. The summed E-state index contributed by atoms with van der Waals surface area (Å²) in [5, 5.41) is 7.35. The summed E-state index contributed by atoms with van der Waals surface area (Å²) in [4.78, 5) is 34.5. The smallest absolute Gasteiger partial charge is 0.267 e. The van der Waals surface area contributed by atoms with Crippen LogP contribution in [-0.2, 0) is 0 Å². The van der Waals surface area contributed by atoms with Gasteiger partial charge in [0.25, 0.3) is 11.5 Å². The van der Waals surface area contributed by atoms with E-state index >= 15 is 0 Å². The molecule has 0 saturated heterocycles. The van der Waals surface area contributed by atoms with Gasteiger partial charge in [0, 0.05) is 48.0 Å². The predicted octanol–water partition coefficient (Wildman–Crippen LogP) is 5.50. The Hall–Kier alpha value is -5.12. The van der Waals surface area contributed by atoms with E-state index in [1.807, 2.05) is 23.7 Å². The number of halogens is 1. The van der Waals surface area contributed by atoms with E-state index in [9.17, 15) is 14.0 Å². The Morgan fingerprint density at radius 3 is 2.52 bits per heavy atom. The van der Waals surface area contributed by atoms with Gasteiger partial charge in [-0.05, 0) is 91.8 Å². The summed E-state index contributed by atoms with van der Waals surface area (Å²) in [5.41, 5.74) is 10.5. The van der Waals surface area contributed by atoms with E-state index in [1.54, 1.807) is 18.2 Å². The number of benzene rings is 2. The van der Waals surface area contributed by atoms with E-state index < -0.39 is 17.3 Å². The topological polar surface area (TPSA) is 120 Å². The monoisotopic (exact) mass is 563 g/mol. The number of anilines is 2. The first-order valence-corrected chi connectivity index (χ1v) is 13.9. The summed E-state index contributed by atoms with van der Waals surface area (Å²) in [6.45, 7) is 0. The lowest BCUT2D eigenvalue weighted by Crippen LogP contribution is -2.27. The van der Waals surface area contributed by atoms with Crippen LogP contribution >= 0.6 is 0 Å². The fourth-order valence-corrected chi connectivity index (χ4v) is 5.78. The van der Waals surface area contributed by atoms with Crippen molar-refractivity contribution in [2.75, 3.05) is 18.1 Å². The van der Waals surface area contributed by atoms with Gasteiger partial charge in [-0.25, -0.2) is 13.9 Å². The molecule has 0 spiro atoms. The van der Waals surface area contributed by atoms with Crippen molar-refractivity contribution in [1.82, 2.24) is 19.2 Å². The van der Waals surface area contributed by atoms with Crippen LogP contribution in [-0.4, -0.2) is 38.3 Å². The Labute approximate surface area is 241 Å². The highest BCUT2D eigenvalue weighted by atomic mass is 19.1. The van der Waals surface area contributed by atoms with E-state index in [2.05, 4.69) is 32.7 Å². The summed E-state index contributed by atoms with van der Waals surface area (Å²) in [6.07, 6.45) is 9.32. The molecule has 42 heavy (non-hydrogen) atoms. The molecule has 1 aliphatic carbocycles. The zero-order valence-electron chi connectivity index (χ0n) is 23.1. The molecule has 1 aliphatic rings. The maximum atomic E-state index is 13.3. The number of hydrogen-bond donors (Lipinski definition) is 2. The lowest BCUT2D eigenvalue weighted by Gasteiger charge is -2.26. The number of nitrogens with two attached hydrogens (primary N) is 1. The van der Waals surface area contributed by atoms with Gasteiger partial charge in [-0.2, -0.15) is 5.10 Å². The van der Waals surface area contributed by atoms with Crippen molar-refractivity contribution < 1.29 is 9.18 Å². The molecule has 3 N–H and O–H groups in total. The molecule has 3 aromatic heterocycles. The van der Waals surface area contributed by atoms with Crippen LogP contribution in [0.3, 0.4) is 0 Å². The summed E-state index contributed by atoms with van der Waals surface area (Å²) in [5.74, 6) is 0.319. The molecule has 1 fully saturated rings. The quantitative estimate of drug-likeness (QED) is 0.265. The Morgan fingerprint density at radius 1 is 1.07 bits per heavy atom. The van der Waals surface area contributed by atoms with Gasteiger partial charge in [-0.3, -0.25) is 14.2 Å². The number of nitrogens with one attached hydrogen (secondary N) is 1. The molecule has 0 radical (unpaired) electrons. The zero-order chi connectivity index (χ0) is 29.2. The van der Waals surface area contributed by atoms with Gasteiger partial charge in [0.1, 0.15) is 23.2 Å². The van der Waals surface area contributed by atoms with E-state index in [0.29, 0.717) is 29.0 Å². The first-order valence-electron chi connectivity index (χ1n) is 13.9. The summed E-state index contributed by atoms with van der Waals surface area (Å²) in [6, 6.07) is 18.1. The van der Waals surface area contributed by atoms with Crippen LogP contribution in [0.4, 0.5) is 15.9 Å². The average molecular weight is 564 g/mol. The van der Waals surface area contributed by atoms with Crippen LogP contribution in [0.5, 0.6) is 0 Å². The largest absolute Gasteiger partial charge is 0.382 e. The van der Waals surface area contributed by atoms with E-state index in [0.717, 1.165) is 48.0 Å². The van der Waals surface area contributed by atoms with Crippen molar-refractivity contribution in [1.29, 1.82) is 0 Å². The minimum Gasteiger partial charge on any atom is -0.382 e. The number of carbonyl (C=O) groups is 1. The van der Waals surface area contributed by atoms with Gasteiger partial charge in [0.15, 0.2) is 5.82 Å². The standard InChI is InChI=1S/C32H30FN7O2/c1-35-18-20-4-6-22(7-5-20)28-17-27(29-30(34)36-19-37-40(28)29)21-8-12-24(13-9-21)38-31(41)26-3-2-16-39(32(26)42)25-14-10-23(33)11-15-25/h2-3,8-20,22H,4-7H2,1H3,(H,38,41)(H2,34,36,37). The molecule has 0 aliphatic heterocycles. The fraction of sp³-hybridized carbons (Fsp3) is 0.219. The lowest BCUT2D eigenvalue weighted by molar-refractivity contribution is 0.102. The highest BCUT2D eigenvalue weighted by molar-refractivity contribution is 6.04. The Kier molecular flexibility index (Phi) is 7.35. The molecule has 10 heteroatoms. The summed E-state index contributed by atoms with van der Waals surface area (Å²) >= 11 is 0. The number of hydrogen-bond acceptors (Lipinski definition) is 6. The van der Waals surface area contributed by atoms with Crippen molar-refractivity contribution in [3.8, 4) is 16.8 Å². The zero-order valence-corrected chi connectivity index (χ0v) is 23.1. The number of aliphatic imine (C=N–C) groups is 1. The minimum absolute atomic E-state index is 0.0289. The molecule has 0 unspecified atom stereocenters. The molecule has 2 aromatic carbocycles. The number of pyridine rings is 1. The van der Waals surface area contributed by atoms with Crippen LogP contribution in [0.25, 0.3) is 22.3 Å². The second-order valence-corrected chi connectivity index (χ2v) is 10.5. The third kappa shape index (κ3) is 5.18.